The van der Waals surface area contributed by atoms with Crippen LogP contribution in [0.25, 0.3) is 0 Å². The van der Waals surface area contributed by atoms with Crippen LogP contribution in [0.4, 0.5) is 5.82 Å². The zero-order valence-electron chi connectivity index (χ0n) is 16.3. The van der Waals surface area contributed by atoms with Gasteiger partial charge in [0.1, 0.15) is 5.82 Å². The van der Waals surface area contributed by atoms with Crippen LogP contribution in [0.1, 0.15) is 28.7 Å². The Labute approximate surface area is 173 Å². The molecule has 0 aliphatic carbocycles. The van der Waals surface area contributed by atoms with Crippen molar-refractivity contribution in [1.82, 2.24) is 25.1 Å². The molecule has 0 aliphatic heterocycles. The number of thioether (sulfide) groups is 1. The van der Waals surface area contributed by atoms with Crippen LogP contribution in [0, 0.1) is 6.92 Å². The molecule has 0 radical (unpaired) electrons. The molecular weight excluding hydrogens is 388 g/mol. The number of aryl methyl sites for hydroxylation is 1. The summed E-state index contributed by atoms with van der Waals surface area (Å²) >= 11 is 1.29. The average molecular weight is 411 g/mol. The second kappa shape index (κ2) is 9.83. The first kappa shape index (κ1) is 20.5. The number of benzene rings is 1. The van der Waals surface area contributed by atoms with Gasteiger partial charge in [-0.05, 0) is 37.6 Å². The fourth-order valence-electron chi connectivity index (χ4n) is 2.64. The number of amides is 2. The van der Waals surface area contributed by atoms with E-state index in [4.69, 9.17) is 0 Å². The van der Waals surface area contributed by atoms with E-state index in [1.807, 2.05) is 48.7 Å². The van der Waals surface area contributed by atoms with Crippen LogP contribution in [0.3, 0.4) is 0 Å². The fourth-order valence-corrected chi connectivity index (χ4v) is 3.46. The van der Waals surface area contributed by atoms with Gasteiger partial charge in [0.15, 0.2) is 11.0 Å². The average Bonchev–Trinajstić information content (AvgIpc) is 3.14. The van der Waals surface area contributed by atoms with Crippen molar-refractivity contribution in [2.75, 3.05) is 11.1 Å². The third-order valence-electron chi connectivity index (χ3n) is 4.15. The molecule has 0 saturated heterocycles. The summed E-state index contributed by atoms with van der Waals surface area (Å²) in [5.41, 5.74) is 1.49. The number of hydrogen-bond donors (Lipinski definition) is 2. The topological polar surface area (TPSA) is 102 Å². The molecule has 2 heterocycles. The first-order valence-electron chi connectivity index (χ1n) is 9.18. The van der Waals surface area contributed by atoms with Crippen molar-refractivity contribution in [1.29, 1.82) is 0 Å². The van der Waals surface area contributed by atoms with Gasteiger partial charge in [-0.15, -0.1) is 10.2 Å². The zero-order valence-corrected chi connectivity index (χ0v) is 17.1. The number of carbonyl (C=O) groups is 2. The molecular formula is C20H22N6O2S. The highest BCUT2D eigenvalue weighted by molar-refractivity contribution is 7.99. The molecule has 0 aliphatic rings. The molecule has 0 saturated carbocycles. The summed E-state index contributed by atoms with van der Waals surface area (Å²) in [6.45, 7) is 4.74. The molecule has 3 aromatic rings. The quantitative estimate of drug-likeness (QED) is 0.554. The Hall–Kier alpha value is -3.20. The summed E-state index contributed by atoms with van der Waals surface area (Å²) in [5.74, 6) is 1.04. The number of aromatic nitrogens is 4. The molecule has 0 atom stereocenters. The number of pyridine rings is 1. The van der Waals surface area contributed by atoms with Crippen LogP contribution < -0.4 is 10.6 Å². The van der Waals surface area contributed by atoms with Crippen molar-refractivity contribution in [3.63, 3.8) is 0 Å². The molecule has 8 nitrogen and oxygen atoms in total. The molecule has 0 spiro atoms. The number of nitrogens with zero attached hydrogens (tertiary/aromatic N) is 4. The molecule has 2 N–H and O–H groups in total. The summed E-state index contributed by atoms with van der Waals surface area (Å²) in [7, 11) is 0. The fraction of sp³-hybridized carbons (Fsp3) is 0.250. The van der Waals surface area contributed by atoms with Crippen LogP contribution >= 0.6 is 11.8 Å². The highest BCUT2D eigenvalue weighted by Gasteiger charge is 2.15. The van der Waals surface area contributed by atoms with Gasteiger partial charge in [-0.3, -0.25) is 9.59 Å². The first-order chi connectivity index (χ1) is 14.1. The standard InChI is InChI=1S/C20H22N6O2S/c1-3-26-16(12-22-19(28)15-9-5-4-6-10-15)24-25-20(26)29-13-17(27)23-18-14(2)8-7-11-21-18/h4-11H,3,12-13H2,1-2H3,(H,22,28)(H,21,23,27). The minimum atomic E-state index is -0.171. The lowest BCUT2D eigenvalue weighted by Gasteiger charge is -2.09. The zero-order chi connectivity index (χ0) is 20.6. The van der Waals surface area contributed by atoms with E-state index in [1.165, 1.54) is 11.8 Å². The largest absolute Gasteiger partial charge is 0.345 e. The van der Waals surface area contributed by atoms with E-state index in [9.17, 15) is 9.59 Å². The van der Waals surface area contributed by atoms with Gasteiger partial charge >= 0.3 is 0 Å². The van der Waals surface area contributed by atoms with E-state index in [0.717, 1.165) is 5.56 Å². The number of rotatable bonds is 8. The van der Waals surface area contributed by atoms with Crippen LogP contribution in [-0.4, -0.2) is 37.3 Å². The van der Waals surface area contributed by atoms with Crippen LogP contribution in [0.5, 0.6) is 0 Å². The van der Waals surface area contributed by atoms with Gasteiger partial charge in [-0.2, -0.15) is 0 Å². The van der Waals surface area contributed by atoms with Crippen molar-refractivity contribution in [2.45, 2.75) is 32.1 Å². The summed E-state index contributed by atoms with van der Waals surface area (Å²) in [6, 6.07) is 12.7. The Morgan fingerprint density at radius 1 is 1.10 bits per heavy atom. The van der Waals surface area contributed by atoms with Gasteiger partial charge in [0.05, 0.1) is 12.3 Å². The third-order valence-corrected chi connectivity index (χ3v) is 5.12. The minimum absolute atomic E-state index is 0.165. The minimum Gasteiger partial charge on any atom is -0.345 e. The Morgan fingerprint density at radius 3 is 2.62 bits per heavy atom. The van der Waals surface area contributed by atoms with Gasteiger partial charge in [0.25, 0.3) is 5.91 Å². The van der Waals surface area contributed by atoms with E-state index in [1.54, 1.807) is 18.3 Å². The smallest absolute Gasteiger partial charge is 0.251 e. The van der Waals surface area contributed by atoms with Gasteiger partial charge < -0.3 is 15.2 Å². The van der Waals surface area contributed by atoms with E-state index in [-0.39, 0.29) is 24.1 Å². The molecule has 29 heavy (non-hydrogen) atoms. The monoisotopic (exact) mass is 410 g/mol. The van der Waals surface area contributed by atoms with E-state index in [0.29, 0.717) is 28.9 Å². The van der Waals surface area contributed by atoms with Crippen LogP contribution in [0.2, 0.25) is 0 Å². The molecule has 3 rings (SSSR count). The maximum atomic E-state index is 12.2. The Balaban J connectivity index is 1.57. The molecule has 2 amide bonds. The number of anilines is 1. The lowest BCUT2D eigenvalue weighted by Crippen LogP contribution is -2.24. The Kier molecular flexibility index (Phi) is 6.96. The number of carbonyl (C=O) groups excluding carboxylic acids is 2. The maximum absolute atomic E-state index is 12.2. The second-order valence-corrected chi connectivity index (χ2v) is 7.14. The first-order valence-corrected chi connectivity index (χ1v) is 10.2. The lowest BCUT2D eigenvalue weighted by molar-refractivity contribution is -0.113. The van der Waals surface area contributed by atoms with Crippen LogP contribution in [-0.2, 0) is 17.9 Å². The van der Waals surface area contributed by atoms with Gasteiger partial charge in [-0.1, -0.05) is 36.0 Å². The normalized spacial score (nSPS) is 10.6. The SMILES string of the molecule is CCn1c(CNC(=O)c2ccccc2)nnc1SCC(=O)Nc1ncccc1C. The number of hydrogen-bond acceptors (Lipinski definition) is 6. The molecule has 2 aromatic heterocycles. The molecule has 0 fully saturated rings. The molecule has 0 bridgehead atoms. The predicted octanol–water partition coefficient (Wildman–Crippen LogP) is 2.66. The lowest BCUT2D eigenvalue weighted by atomic mass is 10.2. The van der Waals surface area contributed by atoms with Crippen LogP contribution in [0.15, 0.2) is 53.8 Å². The van der Waals surface area contributed by atoms with Gasteiger partial charge in [0, 0.05) is 18.3 Å². The van der Waals surface area contributed by atoms with Gasteiger partial charge in [0.2, 0.25) is 5.91 Å². The third kappa shape index (κ3) is 5.41. The van der Waals surface area contributed by atoms with Crippen molar-refractivity contribution in [3.05, 3.63) is 65.6 Å². The summed E-state index contributed by atoms with van der Waals surface area (Å²) in [6.07, 6.45) is 1.64. The summed E-state index contributed by atoms with van der Waals surface area (Å²) in [4.78, 5) is 28.6. The maximum Gasteiger partial charge on any atom is 0.251 e. The molecule has 150 valence electrons. The highest BCUT2D eigenvalue weighted by Crippen LogP contribution is 2.18. The van der Waals surface area contributed by atoms with Crippen molar-refractivity contribution in [3.8, 4) is 0 Å². The molecule has 9 heteroatoms. The predicted molar refractivity (Wildman–Crippen MR) is 112 cm³/mol. The summed E-state index contributed by atoms with van der Waals surface area (Å²) in [5, 5.41) is 14.6. The van der Waals surface area contributed by atoms with Crippen molar-refractivity contribution < 1.29 is 9.59 Å². The van der Waals surface area contributed by atoms with E-state index < -0.39 is 0 Å². The second-order valence-electron chi connectivity index (χ2n) is 6.20. The van der Waals surface area contributed by atoms with Crippen molar-refractivity contribution in [2.24, 2.45) is 0 Å². The summed E-state index contributed by atoms with van der Waals surface area (Å²) < 4.78 is 1.88. The molecule has 1 aromatic carbocycles. The highest BCUT2D eigenvalue weighted by atomic mass is 32.2. The van der Waals surface area contributed by atoms with Gasteiger partial charge in [-0.25, -0.2) is 4.98 Å². The Bertz CT molecular complexity index is 990. The number of nitrogens with one attached hydrogen (secondary N) is 2. The van der Waals surface area contributed by atoms with E-state index in [2.05, 4.69) is 25.8 Å². The van der Waals surface area contributed by atoms with E-state index >= 15 is 0 Å². The van der Waals surface area contributed by atoms with Crippen molar-refractivity contribution >= 4 is 29.4 Å². The molecule has 0 unspecified atom stereocenters. The Morgan fingerprint density at radius 2 is 1.90 bits per heavy atom.